The van der Waals surface area contributed by atoms with E-state index in [2.05, 4.69) is 11.9 Å². The molecule has 0 aliphatic carbocycles. The van der Waals surface area contributed by atoms with Crippen LogP contribution in [-0.4, -0.2) is 11.9 Å². The first-order chi connectivity index (χ1) is 12.0. The molecule has 4 nitrogen and oxygen atoms in total. The van der Waals surface area contributed by atoms with Gasteiger partial charge in [0.15, 0.2) is 0 Å². The maximum Gasteiger partial charge on any atom is 0.336 e. The molecule has 0 saturated heterocycles. The summed E-state index contributed by atoms with van der Waals surface area (Å²) in [7, 11) is 0. The fourth-order valence-electron chi connectivity index (χ4n) is 2.55. The number of hydrogen-bond donors (Lipinski definition) is 1. The van der Waals surface area contributed by atoms with E-state index in [0.29, 0.717) is 22.9 Å². The molecule has 0 atom stereocenters. The van der Waals surface area contributed by atoms with Gasteiger partial charge in [0.1, 0.15) is 5.76 Å². The van der Waals surface area contributed by atoms with E-state index in [4.69, 9.17) is 16.3 Å². The van der Waals surface area contributed by atoms with Crippen molar-refractivity contribution in [2.75, 3.05) is 5.32 Å². The molecule has 3 rings (SSSR count). The zero-order valence-corrected chi connectivity index (χ0v) is 14.2. The number of ether oxygens (including phenoxy) is 1. The predicted octanol–water partition coefficient (Wildman–Crippen LogP) is 4.06. The first-order valence-electron chi connectivity index (χ1n) is 7.74. The molecule has 5 heteroatoms. The zero-order valence-electron chi connectivity index (χ0n) is 13.4. The summed E-state index contributed by atoms with van der Waals surface area (Å²) < 4.78 is 4.89. The highest BCUT2D eigenvalue weighted by Crippen LogP contribution is 2.23. The Kier molecular flexibility index (Phi) is 5.00. The number of carbonyl (C=O) groups excluding carboxylic acids is 2. The van der Waals surface area contributed by atoms with Gasteiger partial charge in [-0.05, 0) is 35.4 Å². The third kappa shape index (κ3) is 4.58. The molecule has 1 N–H and O–H groups in total. The molecular weight excluding hydrogens is 338 g/mol. The van der Waals surface area contributed by atoms with E-state index in [1.165, 1.54) is 6.08 Å². The molecule has 25 heavy (non-hydrogen) atoms. The Hall–Kier alpha value is -2.85. The second kappa shape index (κ2) is 7.36. The van der Waals surface area contributed by atoms with E-state index in [0.717, 1.165) is 16.7 Å². The van der Waals surface area contributed by atoms with Gasteiger partial charge >= 0.3 is 5.97 Å². The molecule has 0 saturated carbocycles. The van der Waals surface area contributed by atoms with Crippen LogP contribution in [0.4, 0.5) is 5.69 Å². The summed E-state index contributed by atoms with van der Waals surface area (Å²) in [4.78, 5) is 23.3. The van der Waals surface area contributed by atoms with Crippen LogP contribution in [0, 0.1) is 0 Å². The highest BCUT2D eigenvalue weighted by Gasteiger charge is 2.18. The fourth-order valence-corrected chi connectivity index (χ4v) is 2.77. The van der Waals surface area contributed by atoms with Gasteiger partial charge in [0.05, 0.1) is 6.42 Å². The Balaban J connectivity index is 1.59. The lowest BCUT2D eigenvalue weighted by molar-refractivity contribution is -0.132. The van der Waals surface area contributed by atoms with Crippen molar-refractivity contribution in [2.24, 2.45) is 0 Å². The van der Waals surface area contributed by atoms with Crippen molar-refractivity contribution < 1.29 is 14.3 Å². The third-order valence-electron chi connectivity index (χ3n) is 3.76. The van der Waals surface area contributed by atoms with Crippen molar-refractivity contribution in [3.8, 4) is 0 Å². The topological polar surface area (TPSA) is 55.4 Å². The average molecular weight is 354 g/mol. The SMILES string of the molecule is C=C1OC(=O)C=C1Cc1ccc(NC(=O)Cc2cccc(Cl)c2)cc1. The number of nitrogens with one attached hydrogen (secondary N) is 1. The maximum atomic E-state index is 12.1. The summed E-state index contributed by atoms with van der Waals surface area (Å²) in [5, 5.41) is 3.46. The molecule has 2 aromatic carbocycles. The quantitative estimate of drug-likeness (QED) is 0.825. The van der Waals surface area contributed by atoms with Gasteiger partial charge in [-0.1, -0.05) is 42.4 Å². The molecule has 1 aliphatic rings. The van der Waals surface area contributed by atoms with Gasteiger partial charge in [0.2, 0.25) is 5.91 Å². The first kappa shape index (κ1) is 17.0. The van der Waals surface area contributed by atoms with Crippen molar-refractivity contribution in [1.82, 2.24) is 0 Å². The number of halogens is 1. The van der Waals surface area contributed by atoms with Gasteiger partial charge < -0.3 is 10.1 Å². The van der Waals surface area contributed by atoms with Crippen LogP contribution in [0.25, 0.3) is 0 Å². The lowest BCUT2D eigenvalue weighted by atomic mass is 10.0. The molecule has 126 valence electrons. The van der Waals surface area contributed by atoms with E-state index >= 15 is 0 Å². The molecule has 1 heterocycles. The van der Waals surface area contributed by atoms with Crippen molar-refractivity contribution in [2.45, 2.75) is 12.8 Å². The molecule has 0 bridgehead atoms. The molecule has 0 spiro atoms. The highest BCUT2D eigenvalue weighted by atomic mass is 35.5. The van der Waals surface area contributed by atoms with E-state index in [1.807, 2.05) is 36.4 Å². The maximum absolute atomic E-state index is 12.1. The Bertz CT molecular complexity index is 869. The Morgan fingerprint density at radius 1 is 1.12 bits per heavy atom. The standard InChI is InChI=1S/C20H16ClNO3/c1-13-16(12-20(24)25-13)9-14-5-7-18(8-6-14)22-19(23)11-15-3-2-4-17(21)10-15/h2-8,10,12H,1,9,11H2,(H,22,23). The van der Waals surface area contributed by atoms with Gasteiger partial charge in [-0.2, -0.15) is 0 Å². The summed E-state index contributed by atoms with van der Waals surface area (Å²) in [6.45, 7) is 3.71. The molecule has 1 aliphatic heterocycles. The van der Waals surface area contributed by atoms with Crippen LogP contribution >= 0.6 is 11.6 Å². The second-order valence-corrected chi connectivity index (χ2v) is 6.18. The Morgan fingerprint density at radius 2 is 1.88 bits per heavy atom. The molecular formula is C20H16ClNO3. The lowest BCUT2D eigenvalue weighted by Gasteiger charge is -2.08. The summed E-state index contributed by atoms with van der Waals surface area (Å²) >= 11 is 5.92. The van der Waals surface area contributed by atoms with E-state index < -0.39 is 0 Å². The van der Waals surface area contributed by atoms with Gasteiger partial charge in [0, 0.05) is 28.8 Å². The number of hydrogen-bond acceptors (Lipinski definition) is 3. The minimum absolute atomic E-state index is 0.110. The number of benzene rings is 2. The molecule has 0 unspecified atom stereocenters. The summed E-state index contributed by atoms with van der Waals surface area (Å²) in [6, 6.07) is 14.7. The molecule has 2 aromatic rings. The average Bonchev–Trinajstić information content (AvgIpc) is 2.86. The second-order valence-electron chi connectivity index (χ2n) is 5.74. The number of cyclic esters (lactones) is 1. The number of rotatable bonds is 5. The van der Waals surface area contributed by atoms with Crippen LogP contribution in [0.2, 0.25) is 5.02 Å². The van der Waals surface area contributed by atoms with Crippen LogP contribution in [0.1, 0.15) is 11.1 Å². The van der Waals surface area contributed by atoms with Crippen LogP contribution in [0.15, 0.2) is 72.5 Å². The third-order valence-corrected chi connectivity index (χ3v) is 4.00. The van der Waals surface area contributed by atoms with Gasteiger partial charge in [0.25, 0.3) is 0 Å². The number of anilines is 1. The van der Waals surface area contributed by atoms with E-state index in [1.54, 1.807) is 12.1 Å². The summed E-state index contributed by atoms with van der Waals surface area (Å²) in [6.07, 6.45) is 2.26. The first-order valence-corrected chi connectivity index (χ1v) is 8.12. The zero-order chi connectivity index (χ0) is 17.8. The smallest absolute Gasteiger partial charge is 0.336 e. The fraction of sp³-hybridized carbons (Fsp3) is 0.100. The predicted molar refractivity (Wildman–Crippen MR) is 97.2 cm³/mol. The Labute approximate surface area is 150 Å². The molecule has 0 fully saturated rings. The molecule has 1 amide bonds. The number of esters is 1. The summed E-state index contributed by atoms with van der Waals surface area (Å²) in [5.74, 6) is -0.102. The van der Waals surface area contributed by atoms with Crippen molar-refractivity contribution >= 4 is 29.2 Å². The Morgan fingerprint density at radius 3 is 2.52 bits per heavy atom. The molecule has 0 aromatic heterocycles. The molecule has 0 radical (unpaired) electrons. The van der Waals surface area contributed by atoms with Crippen molar-refractivity contribution in [3.05, 3.63) is 88.7 Å². The highest BCUT2D eigenvalue weighted by molar-refractivity contribution is 6.30. The number of amides is 1. The van der Waals surface area contributed by atoms with Gasteiger partial charge in [-0.25, -0.2) is 4.79 Å². The van der Waals surface area contributed by atoms with Crippen molar-refractivity contribution in [1.29, 1.82) is 0 Å². The van der Waals surface area contributed by atoms with Crippen LogP contribution in [0.5, 0.6) is 0 Å². The monoisotopic (exact) mass is 353 g/mol. The van der Waals surface area contributed by atoms with E-state index in [-0.39, 0.29) is 18.3 Å². The van der Waals surface area contributed by atoms with Gasteiger partial charge in [-0.15, -0.1) is 0 Å². The number of allylic oxidation sites excluding steroid dienone is 1. The van der Waals surface area contributed by atoms with Crippen LogP contribution < -0.4 is 5.32 Å². The number of carbonyl (C=O) groups is 2. The summed E-state index contributed by atoms with van der Waals surface area (Å²) in [5.41, 5.74) is 3.33. The van der Waals surface area contributed by atoms with Crippen LogP contribution in [0.3, 0.4) is 0 Å². The van der Waals surface area contributed by atoms with Crippen molar-refractivity contribution in [3.63, 3.8) is 0 Å². The van der Waals surface area contributed by atoms with Gasteiger partial charge in [-0.3, -0.25) is 4.79 Å². The largest absolute Gasteiger partial charge is 0.424 e. The van der Waals surface area contributed by atoms with E-state index in [9.17, 15) is 9.59 Å². The normalized spacial score (nSPS) is 13.4. The minimum Gasteiger partial charge on any atom is -0.424 e. The van der Waals surface area contributed by atoms with Crippen LogP contribution in [-0.2, 0) is 27.2 Å². The minimum atomic E-state index is -0.384. The lowest BCUT2D eigenvalue weighted by Crippen LogP contribution is -2.14.